The Labute approximate surface area is 859 Å². The number of pyridine rings is 5. The minimum atomic E-state index is -0.682. The number of fused-ring (bicyclic) bond motifs is 3. The summed E-state index contributed by atoms with van der Waals surface area (Å²) in [6.45, 7) is 4.03. The van der Waals surface area contributed by atoms with Gasteiger partial charge < -0.3 is 29.3 Å². The van der Waals surface area contributed by atoms with Gasteiger partial charge in [0.2, 0.25) is 5.82 Å². The highest BCUT2D eigenvalue weighted by molar-refractivity contribution is 6.42. The summed E-state index contributed by atoms with van der Waals surface area (Å²) >= 11 is 78.8. The topological polar surface area (TPSA) is 275 Å². The molecule has 0 saturated heterocycles. The molecule has 0 radical (unpaired) electrons. The number of oxazole rings is 2. The Kier molecular flexibility index (Phi) is 31.7. The molecule has 5 atom stereocenters. The molecule has 0 amide bonds. The average molecular weight is 2100 g/mol. The Hall–Kier alpha value is -13.1. The van der Waals surface area contributed by atoms with Crippen molar-refractivity contribution in [3.63, 3.8) is 0 Å². The highest BCUT2D eigenvalue weighted by Crippen LogP contribution is 2.40. The van der Waals surface area contributed by atoms with E-state index < -0.39 is 17.9 Å². The number of nitrogens with one attached hydrogen (secondary N) is 5. The summed E-state index contributed by atoms with van der Waals surface area (Å²) in [6, 6.07) is 90.6. The molecule has 0 aliphatic rings. The molecular formula is C104H70Cl13FN18O3. The predicted molar refractivity (Wildman–Crippen MR) is 555 cm³/mol. The van der Waals surface area contributed by atoms with Crippen LogP contribution >= 0.6 is 151 Å². The minimum absolute atomic E-state index is 0.134. The van der Waals surface area contributed by atoms with Gasteiger partial charge in [0.05, 0.1) is 71.8 Å². The second-order valence-electron chi connectivity index (χ2n) is 31.2. The predicted octanol–water partition coefficient (Wildman–Crippen LogP) is 31.7. The van der Waals surface area contributed by atoms with E-state index in [4.69, 9.17) is 174 Å². The highest BCUT2D eigenvalue weighted by atomic mass is 35.5. The summed E-state index contributed by atoms with van der Waals surface area (Å²) in [7, 11) is 0. The SMILES string of the molecule is Cc1ccc(C(c2ccc(Cl)cc2)c2nc(-c3ccc(Cl)c(Cl)c3)n[nH]2)nc1.Cc1ccc(C(c2ccc(Cl)cc2)c2nc(-c3ccccc3)n[nH]2)nc1.Clc1ccc([C@H](Nc2nc3ccc(Cl)cc3o2)c2cc3cc(Cl)ccc3cn2)cc1.Clc1ccc([C@H](Nc2nc3ccc(Cl)cc3o2)c2ncc(Cl)cc2Cl)cc1.Fc1cc(Cl)cnc1[C@@H](Nc1nc(-c2ccccc2)no1)c1ccc(Cl)cc1. The maximum Gasteiger partial charge on any atom is 0.322 e. The van der Waals surface area contributed by atoms with E-state index in [9.17, 15) is 4.39 Å². The summed E-state index contributed by atoms with van der Waals surface area (Å²) in [5.74, 6) is 2.17. The van der Waals surface area contributed by atoms with Crippen molar-refractivity contribution < 1.29 is 17.7 Å². The van der Waals surface area contributed by atoms with Gasteiger partial charge in [0.1, 0.15) is 40.2 Å². The Morgan fingerprint density at radius 2 is 0.719 bits per heavy atom. The lowest BCUT2D eigenvalue weighted by molar-refractivity contribution is 0.429. The largest absolute Gasteiger partial charge is 0.423 e. The quantitative estimate of drug-likeness (QED) is 0.0447. The van der Waals surface area contributed by atoms with E-state index in [1.54, 1.807) is 91.1 Å². The number of aromatic amines is 2. The van der Waals surface area contributed by atoms with Crippen LogP contribution in [-0.4, -0.2) is 75.4 Å². The molecule has 0 spiro atoms. The third-order valence-electron chi connectivity index (χ3n) is 21.4. The molecule has 139 heavy (non-hydrogen) atoms. The number of benzene rings is 11. The zero-order valence-corrected chi connectivity index (χ0v) is 82.2. The molecule has 0 fully saturated rings. The van der Waals surface area contributed by atoms with Gasteiger partial charge in [0.15, 0.2) is 22.8 Å². The third-order valence-corrected chi connectivity index (χ3v) is 24.8. The first-order valence-corrected chi connectivity index (χ1v) is 47.2. The fourth-order valence-corrected chi connectivity index (χ4v) is 16.7. The number of aromatic nitrogens is 15. The second kappa shape index (κ2) is 45.2. The lowest BCUT2D eigenvalue weighted by atomic mass is 9.94. The summed E-state index contributed by atoms with van der Waals surface area (Å²) in [6.07, 6.45) is 8.46. The number of H-pyrrole nitrogens is 2. The smallest absolute Gasteiger partial charge is 0.322 e. The zero-order valence-electron chi connectivity index (χ0n) is 72.4. The molecule has 21 nitrogen and oxygen atoms in total. The summed E-state index contributed by atoms with van der Waals surface area (Å²) in [4.78, 5) is 45.2. The van der Waals surface area contributed by atoms with E-state index in [0.717, 1.165) is 94.8 Å². The summed E-state index contributed by atoms with van der Waals surface area (Å²) < 4.78 is 31.5. The molecule has 0 saturated carbocycles. The summed E-state index contributed by atoms with van der Waals surface area (Å²) in [5.41, 5.74) is 15.3. The number of hydrogen-bond acceptors (Lipinski definition) is 19. The number of hydrogen-bond donors (Lipinski definition) is 5. The van der Waals surface area contributed by atoms with Crippen LogP contribution in [0.15, 0.2) is 342 Å². The summed E-state index contributed by atoms with van der Waals surface area (Å²) in [5, 5.41) is 37.7. The highest BCUT2D eigenvalue weighted by Gasteiger charge is 2.29. The van der Waals surface area contributed by atoms with E-state index in [1.165, 1.54) is 12.3 Å². The number of aryl methyl sites for hydroxylation is 2. The standard InChI is InChI=1S/C23H14Cl3N3O.C21H15Cl3N4.C21H17ClN4.C20H13Cl2FN4O.C19H11Cl4N3O/c24-16-4-1-13(2-5-16)22(20-10-15-9-17(25)6-3-14(15)12-27-20)29-23-28-19-8-7-18(26)11-21(19)30-23;1-12-2-9-18(25-11-12)19(13-3-6-15(22)7-4-13)21-26-20(27-28-21)14-5-8-16(23)17(24)10-14;1-14-7-12-18(23-13-14)19(15-8-10-17(22)11-9-15)21-24-20(25-26-21)16-5-3-2-4-6-16;21-14-8-6-12(7-9-14)17(18-16(23)10-15(22)11-24-18)25-20-26-19(27-28-20)13-4-2-1-3-5-13;20-11-3-1-10(2-4-11)17(18-14(23)7-13(22)9-24-18)26-19-25-15-6-5-12(21)8-16(15)27-19/h1-12,22H,(H,28,29);2-11,19H,1H3,(H,26,27,28);2-13,19H,1H3,(H,24,25,26);1-11,17H,(H,25,26,27);1-9,17H,(H,25,26)/t22-;;;2*17-/m0..00/s1. The van der Waals surface area contributed by atoms with Gasteiger partial charge in [0, 0.05) is 105 Å². The van der Waals surface area contributed by atoms with Crippen molar-refractivity contribution in [1.82, 2.24) is 75.4 Å². The van der Waals surface area contributed by atoms with Crippen LogP contribution < -0.4 is 16.0 Å². The van der Waals surface area contributed by atoms with Crippen LogP contribution in [0.25, 0.3) is 67.1 Å². The van der Waals surface area contributed by atoms with Crippen molar-refractivity contribution in [1.29, 1.82) is 0 Å². The van der Waals surface area contributed by atoms with E-state index in [0.29, 0.717) is 118 Å². The molecule has 35 heteroatoms. The Bertz CT molecular complexity index is 7710. The lowest BCUT2D eigenvalue weighted by Crippen LogP contribution is -2.16. The van der Waals surface area contributed by atoms with Gasteiger partial charge in [-0.1, -0.05) is 295 Å². The van der Waals surface area contributed by atoms with Crippen molar-refractivity contribution in [2.24, 2.45) is 0 Å². The Morgan fingerprint density at radius 1 is 0.295 bits per heavy atom. The first kappa shape index (κ1) is 97.5. The average Bonchev–Trinajstić information content (AvgIpc) is 1.21. The lowest BCUT2D eigenvalue weighted by Gasteiger charge is -2.19. The fraction of sp³-hybridized carbons (Fsp3) is 0.0673. The normalized spacial score (nSPS) is 12.2. The first-order chi connectivity index (χ1) is 67.3. The van der Waals surface area contributed by atoms with E-state index in [2.05, 4.69) is 87.4 Å². The molecule has 21 rings (SSSR count). The van der Waals surface area contributed by atoms with Crippen molar-refractivity contribution in [2.45, 2.75) is 43.8 Å². The fourth-order valence-electron chi connectivity index (χ4n) is 14.6. The van der Waals surface area contributed by atoms with Gasteiger partial charge in [-0.2, -0.15) is 25.1 Å². The number of anilines is 3. The minimum Gasteiger partial charge on any atom is -0.423 e. The molecule has 692 valence electrons. The molecule has 10 heterocycles. The van der Waals surface area contributed by atoms with Gasteiger partial charge in [-0.25, -0.2) is 14.4 Å². The van der Waals surface area contributed by atoms with Crippen LogP contribution in [0.3, 0.4) is 0 Å². The van der Waals surface area contributed by atoms with Crippen molar-refractivity contribution >= 4 is 202 Å². The Morgan fingerprint density at radius 3 is 1.20 bits per heavy atom. The van der Waals surface area contributed by atoms with Gasteiger partial charge >= 0.3 is 6.01 Å². The molecular weight excluding hydrogens is 2030 g/mol. The van der Waals surface area contributed by atoms with Crippen molar-refractivity contribution in [2.75, 3.05) is 16.0 Å². The Balaban J connectivity index is 0.000000120. The monoisotopic (exact) mass is 2090 g/mol. The third kappa shape index (κ3) is 25.0. The molecule has 0 bridgehead atoms. The van der Waals surface area contributed by atoms with Crippen molar-refractivity contribution in [3.05, 3.63) is 478 Å². The van der Waals surface area contributed by atoms with Gasteiger partial charge in [-0.15, -0.1) is 0 Å². The number of rotatable bonds is 21. The van der Waals surface area contributed by atoms with Crippen LogP contribution in [0.1, 0.15) is 109 Å². The van der Waals surface area contributed by atoms with Crippen LogP contribution in [0.5, 0.6) is 0 Å². The molecule has 0 aliphatic heterocycles. The maximum absolute atomic E-state index is 14.6. The number of halogens is 14. The second-order valence-corrected chi connectivity index (χ2v) is 36.7. The van der Waals surface area contributed by atoms with Gasteiger partial charge in [0.25, 0.3) is 12.0 Å². The zero-order chi connectivity index (χ0) is 96.7. The van der Waals surface area contributed by atoms with Crippen LogP contribution in [0, 0.1) is 19.7 Å². The van der Waals surface area contributed by atoms with E-state index in [1.807, 2.05) is 233 Å². The molecule has 11 aromatic carbocycles. The molecule has 21 aromatic rings. The van der Waals surface area contributed by atoms with Crippen LogP contribution in [0.2, 0.25) is 65.3 Å². The molecule has 2 unspecified atom stereocenters. The van der Waals surface area contributed by atoms with E-state index >= 15 is 0 Å². The van der Waals surface area contributed by atoms with Crippen LogP contribution in [-0.2, 0) is 0 Å². The number of nitrogens with zero attached hydrogens (tertiary/aromatic N) is 13. The first-order valence-electron chi connectivity index (χ1n) is 42.3. The van der Waals surface area contributed by atoms with Crippen LogP contribution in [0.4, 0.5) is 22.4 Å². The van der Waals surface area contributed by atoms with Gasteiger partial charge in [-0.05, 0) is 204 Å². The maximum atomic E-state index is 14.6. The molecule has 0 aliphatic carbocycles. The molecule has 5 N–H and O–H groups in total. The molecule has 10 aromatic heterocycles. The van der Waals surface area contributed by atoms with E-state index in [-0.39, 0.29) is 34.6 Å². The van der Waals surface area contributed by atoms with Crippen molar-refractivity contribution in [3.8, 4) is 34.2 Å². The van der Waals surface area contributed by atoms with Gasteiger partial charge in [-0.3, -0.25) is 35.1 Å².